The lowest BCUT2D eigenvalue weighted by Crippen LogP contribution is -2.33. The summed E-state index contributed by atoms with van der Waals surface area (Å²) in [5, 5.41) is 15.0. The van der Waals surface area contributed by atoms with Crippen LogP contribution in [0.5, 0.6) is 17.2 Å². The van der Waals surface area contributed by atoms with Crippen molar-refractivity contribution in [3.8, 4) is 17.2 Å². The Bertz CT molecular complexity index is 1360. The maximum Gasteiger partial charge on any atom is 0.259 e. The molecule has 176 valence electrons. The quantitative estimate of drug-likeness (QED) is 0.607. The van der Waals surface area contributed by atoms with Gasteiger partial charge < -0.3 is 24.5 Å². The van der Waals surface area contributed by atoms with Gasteiger partial charge in [-0.3, -0.25) is 14.5 Å². The van der Waals surface area contributed by atoms with Gasteiger partial charge in [0.15, 0.2) is 11.5 Å². The summed E-state index contributed by atoms with van der Waals surface area (Å²) in [6.07, 6.45) is 2.08. The van der Waals surface area contributed by atoms with Gasteiger partial charge in [-0.1, -0.05) is 6.07 Å². The van der Waals surface area contributed by atoms with Gasteiger partial charge in [0.05, 0.1) is 31.9 Å². The average Bonchev–Trinajstić information content (AvgIpc) is 3.30. The molecule has 34 heavy (non-hydrogen) atoms. The van der Waals surface area contributed by atoms with Crippen LogP contribution in [0.2, 0.25) is 0 Å². The molecule has 0 spiro atoms. The molecule has 5 rings (SSSR count). The average molecular weight is 462 g/mol. The molecule has 0 saturated carbocycles. The van der Waals surface area contributed by atoms with Gasteiger partial charge >= 0.3 is 0 Å². The zero-order valence-electron chi connectivity index (χ0n) is 19.8. The lowest BCUT2D eigenvalue weighted by atomic mass is 9.84. The smallest absolute Gasteiger partial charge is 0.259 e. The highest BCUT2D eigenvalue weighted by atomic mass is 16.5. The number of carbonyl (C=O) groups excluding carboxylic acids is 2. The molecule has 0 radical (unpaired) electrons. The predicted octanol–water partition coefficient (Wildman–Crippen LogP) is 4.15. The fourth-order valence-electron chi connectivity index (χ4n) is 5.09. The number of ether oxygens (including phenoxy) is 2. The largest absolute Gasteiger partial charge is 0.502 e. The maximum atomic E-state index is 13.6. The summed E-state index contributed by atoms with van der Waals surface area (Å²) < 4.78 is 13.0. The Morgan fingerprint density at radius 1 is 1.18 bits per heavy atom. The van der Waals surface area contributed by atoms with Gasteiger partial charge in [0.2, 0.25) is 11.7 Å². The van der Waals surface area contributed by atoms with E-state index in [1.54, 1.807) is 12.1 Å². The van der Waals surface area contributed by atoms with E-state index in [9.17, 15) is 14.7 Å². The minimum atomic E-state index is -0.506. The zero-order valence-corrected chi connectivity index (χ0v) is 19.8. The molecule has 2 aliphatic heterocycles. The van der Waals surface area contributed by atoms with Gasteiger partial charge in [0.1, 0.15) is 0 Å². The second-order valence-electron chi connectivity index (χ2n) is 8.92. The number of aromatic hydroxyl groups is 1. The Labute approximate surface area is 197 Å². The number of nitrogens with zero attached hydrogens (tertiary/aromatic N) is 2. The molecule has 8 heteroatoms. The first-order valence-electron chi connectivity index (χ1n) is 11.2. The van der Waals surface area contributed by atoms with Crippen LogP contribution in [0, 0.1) is 0 Å². The third kappa shape index (κ3) is 3.05. The minimum Gasteiger partial charge on any atom is -0.502 e. The van der Waals surface area contributed by atoms with Gasteiger partial charge in [-0.2, -0.15) is 0 Å². The van der Waals surface area contributed by atoms with Crippen LogP contribution in [-0.4, -0.2) is 47.2 Å². The van der Waals surface area contributed by atoms with E-state index in [2.05, 4.69) is 36.0 Å². The predicted molar refractivity (Wildman–Crippen MR) is 128 cm³/mol. The Morgan fingerprint density at radius 2 is 1.85 bits per heavy atom. The number of imide groups is 1. The lowest BCUT2D eigenvalue weighted by molar-refractivity contribution is -0.139. The van der Waals surface area contributed by atoms with E-state index in [-0.39, 0.29) is 41.6 Å². The number of nitrogens with one attached hydrogen (secondary N) is 1. The summed E-state index contributed by atoms with van der Waals surface area (Å²) in [5.74, 6) is -0.760. The number of carbonyl (C=O) groups is 2. The van der Waals surface area contributed by atoms with Gasteiger partial charge in [-0.15, -0.1) is 0 Å². The molecule has 1 aromatic heterocycles. The summed E-state index contributed by atoms with van der Waals surface area (Å²) >= 11 is 0. The fourth-order valence-corrected chi connectivity index (χ4v) is 5.09. The number of hydrogen-bond donors (Lipinski definition) is 2. The molecule has 0 bridgehead atoms. The summed E-state index contributed by atoms with van der Waals surface area (Å²) in [5.41, 5.74) is 4.79. The molecule has 0 saturated heterocycles. The molecule has 2 aliphatic rings. The molecular formula is C26H27N3O5. The fraction of sp³-hybridized carbons (Fsp3) is 0.308. The number of phenolic OH excluding ortho intramolecular Hbond substituents is 1. The second kappa shape index (κ2) is 7.83. The molecular weight excluding hydrogens is 434 g/mol. The Hall–Kier alpha value is -3.94. The molecule has 1 atom stereocenters. The highest BCUT2D eigenvalue weighted by molar-refractivity contribution is 6.11. The van der Waals surface area contributed by atoms with Crippen LogP contribution in [0.3, 0.4) is 0 Å². The van der Waals surface area contributed by atoms with E-state index >= 15 is 0 Å². The maximum absolute atomic E-state index is 13.6. The molecule has 8 nitrogen and oxygen atoms in total. The monoisotopic (exact) mass is 461 g/mol. The van der Waals surface area contributed by atoms with Crippen LogP contribution in [0.1, 0.15) is 43.9 Å². The number of amides is 2. The molecule has 3 heterocycles. The van der Waals surface area contributed by atoms with Gasteiger partial charge in [0.25, 0.3) is 5.91 Å². The van der Waals surface area contributed by atoms with Crippen molar-refractivity contribution in [3.63, 3.8) is 0 Å². The SMILES string of the molecule is COc1cc([C@@H]2C3=C(CN(C(C)=O)C3=O)Nc3cccc4c3c2cn4C(C)C)cc(OC)c1O. The van der Waals surface area contributed by atoms with E-state index in [1.807, 2.05) is 12.1 Å². The van der Waals surface area contributed by atoms with Crippen molar-refractivity contribution >= 4 is 28.4 Å². The van der Waals surface area contributed by atoms with Crippen molar-refractivity contribution < 1.29 is 24.2 Å². The molecule has 0 unspecified atom stereocenters. The van der Waals surface area contributed by atoms with Crippen LogP contribution < -0.4 is 14.8 Å². The first-order chi connectivity index (χ1) is 16.3. The van der Waals surface area contributed by atoms with E-state index in [0.717, 1.165) is 27.7 Å². The summed E-state index contributed by atoms with van der Waals surface area (Å²) in [6, 6.07) is 9.69. The second-order valence-corrected chi connectivity index (χ2v) is 8.92. The Kier molecular flexibility index (Phi) is 5.04. The van der Waals surface area contributed by atoms with E-state index < -0.39 is 5.92 Å². The van der Waals surface area contributed by atoms with Crippen LogP contribution >= 0.6 is 0 Å². The highest BCUT2D eigenvalue weighted by Crippen LogP contribution is 2.49. The molecule has 0 fully saturated rings. The third-order valence-corrected chi connectivity index (χ3v) is 6.66. The number of methoxy groups -OCH3 is 2. The lowest BCUT2D eigenvalue weighted by Gasteiger charge is -2.21. The first-order valence-corrected chi connectivity index (χ1v) is 11.2. The van der Waals surface area contributed by atoms with Gasteiger partial charge in [-0.05, 0) is 49.2 Å². The number of aromatic nitrogens is 1. The molecule has 2 amide bonds. The van der Waals surface area contributed by atoms with Crippen LogP contribution in [0.25, 0.3) is 10.9 Å². The molecule has 2 N–H and O–H groups in total. The van der Waals surface area contributed by atoms with Crippen molar-refractivity contribution in [2.75, 3.05) is 26.1 Å². The molecule has 0 aliphatic carbocycles. The summed E-state index contributed by atoms with van der Waals surface area (Å²) in [7, 11) is 2.94. The van der Waals surface area contributed by atoms with Crippen LogP contribution in [0.15, 0.2) is 47.8 Å². The zero-order chi connectivity index (χ0) is 24.3. The topological polar surface area (TPSA) is 93.0 Å². The molecule has 2 aromatic carbocycles. The van der Waals surface area contributed by atoms with Gasteiger partial charge in [-0.25, -0.2) is 0 Å². The number of benzene rings is 2. The third-order valence-electron chi connectivity index (χ3n) is 6.66. The van der Waals surface area contributed by atoms with Crippen molar-refractivity contribution in [2.24, 2.45) is 0 Å². The van der Waals surface area contributed by atoms with E-state index in [1.165, 1.54) is 26.0 Å². The van der Waals surface area contributed by atoms with Gasteiger partial charge in [0, 0.05) is 41.9 Å². The number of phenols is 1. The van der Waals surface area contributed by atoms with Crippen LogP contribution in [-0.2, 0) is 9.59 Å². The summed E-state index contributed by atoms with van der Waals surface area (Å²) in [4.78, 5) is 27.1. The normalized spacial score (nSPS) is 17.2. The standard InChI is InChI=1S/C26H27N3O5/c1-13(2)28-11-16-22(15-9-20(33-4)25(31)21(10-15)34-5)24-18(12-29(14(3)30)26(24)32)27-17-7-6-8-19(28)23(16)17/h6-11,13,22,27,31H,12H2,1-5H3/t22-/m0/s1. The van der Waals surface area contributed by atoms with Crippen molar-refractivity contribution in [3.05, 3.63) is 58.9 Å². The van der Waals surface area contributed by atoms with E-state index in [0.29, 0.717) is 11.3 Å². The van der Waals surface area contributed by atoms with E-state index in [4.69, 9.17) is 9.47 Å². The highest BCUT2D eigenvalue weighted by Gasteiger charge is 2.42. The van der Waals surface area contributed by atoms with Crippen molar-refractivity contribution in [1.82, 2.24) is 9.47 Å². The number of anilines is 1. The Balaban J connectivity index is 1.85. The Morgan fingerprint density at radius 3 is 2.44 bits per heavy atom. The number of rotatable bonds is 4. The first kappa shape index (κ1) is 21.9. The summed E-state index contributed by atoms with van der Waals surface area (Å²) in [6.45, 7) is 5.80. The molecule has 3 aromatic rings. The minimum absolute atomic E-state index is 0.108. The van der Waals surface area contributed by atoms with Crippen molar-refractivity contribution in [2.45, 2.75) is 32.7 Å². The number of hydrogen-bond acceptors (Lipinski definition) is 6. The van der Waals surface area contributed by atoms with Crippen LogP contribution in [0.4, 0.5) is 5.69 Å². The van der Waals surface area contributed by atoms with Crippen molar-refractivity contribution in [1.29, 1.82) is 0 Å².